The second kappa shape index (κ2) is 6.85. The fraction of sp³-hybridized carbons (Fsp3) is 0.250. The lowest BCUT2D eigenvalue weighted by Crippen LogP contribution is -2.07. The van der Waals surface area contributed by atoms with Gasteiger partial charge in [-0.15, -0.1) is 0 Å². The van der Waals surface area contributed by atoms with E-state index in [0.29, 0.717) is 11.1 Å². The van der Waals surface area contributed by atoms with Gasteiger partial charge in [-0.25, -0.2) is 8.42 Å². The largest absolute Gasteiger partial charge is 0.392 e. The summed E-state index contributed by atoms with van der Waals surface area (Å²) >= 11 is 0. The molecule has 2 N–H and O–H groups in total. The van der Waals surface area contributed by atoms with Crippen LogP contribution in [0.4, 0.5) is 0 Å². The maximum atomic E-state index is 12.2. The van der Waals surface area contributed by atoms with E-state index < -0.39 is 9.84 Å². The third kappa shape index (κ3) is 4.67. The topological polar surface area (TPSA) is 74.6 Å². The number of hydrogen-bond acceptors (Lipinski definition) is 4. The third-order valence-corrected chi connectivity index (χ3v) is 4.73. The quantitative estimate of drug-likeness (QED) is 0.853. The summed E-state index contributed by atoms with van der Waals surface area (Å²) in [6.07, 6.45) is 0. The minimum atomic E-state index is -3.25. The molecule has 2 aromatic carbocycles. The predicted molar refractivity (Wildman–Crippen MR) is 81.1 cm³/mol. The SMILES string of the molecule is O=S(=O)(Cc1ccc(CO)cc1)Cc1ccc(CO)cc1. The maximum Gasteiger partial charge on any atom is 0.158 e. The first kappa shape index (κ1) is 15.7. The van der Waals surface area contributed by atoms with Crippen molar-refractivity contribution < 1.29 is 18.6 Å². The average molecular weight is 306 g/mol. The van der Waals surface area contributed by atoms with Gasteiger partial charge in [-0.1, -0.05) is 48.5 Å². The molecule has 0 spiro atoms. The van der Waals surface area contributed by atoms with Gasteiger partial charge in [0, 0.05) is 0 Å². The van der Waals surface area contributed by atoms with Crippen molar-refractivity contribution in [3.05, 3.63) is 70.8 Å². The number of benzene rings is 2. The molecule has 112 valence electrons. The first-order valence-electron chi connectivity index (χ1n) is 6.60. The fourth-order valence-electron chi connectivity index (χ4n) is 2.04. The van der Waals surface area contributed by atoms with Gasteiger partial charge in [-0.2, -0.15) is 0 Å². The van der Waals surface area contributed by atoms with E-state index in [9.17, 15) is 8.42 Å². The Balaban J connectivity index is 2.06. The number of rotatable bonds is 6. The summed E-state index contributed by atoms with van der Waals surface area (Å²) < 4.78 is 24.4. The van der Waals surface area contributed by atoms with E-state index >= 15 is 0 Å². The number of sulfone groups is 1. The Kier molecular flexibility index (Phi) is 5.12. The summed E-state index contributed by atoms with van der Waals surface area (Å²) in [5, 5.41) is 17.9. The van der Waals surface area contributed by atoms with Crippen LogP contribution in [-0.2, 0) is 34.6 Å². The summed E-state index contributed by atoms with van der Waals surface area (Å²) in [4.78, 5) is 0. The van der Waals surface area contributed by atoms with Crippen LogP contribution in [0.15, 0.2) is 48.5 Å². The molecule has 0 aromatic heterocycles. The van der Waals surface area contributed by atoms with Gasteiger partial charge in [0.05, 0.1) is 24.7 Å². The summed E-state index contributed by atoms with van der Waals surface area (Å²) in [7, 11) is -3.25. The van der Waals surface area contributed by atoms with Crippen LogP contribution in [0.25, 0.3) is 0 Å². The molecule has 0 saturated heterocycles. The van der Waals surface area contributed by atoms with Gasteiger partial charge < -0.3 is 10.2 Å². The smallest absolute Gasteiger partial charge is 0.158 e. The standard InChI is InChI=1S/C16H18O4S/c17-9-13-1-5-15(6-2-13)11-21(19,20)12-16-7-3-14(10-18)4-8-16/h1-8,17-18H,9-12H2. The zero-order valence-corrected chi connectivity index (χ0v) is 12.4. The minimum Gasteiger partial charge on any atom is -0.392 e. The van der Waals surface area contributed by atoms with Crippen molar-refractivity contribution in [3.63, 3.8) is 0 Å². The molecule has 2 aromatic rings. The average Bonchev–Trinajstić information content (AvgIpc) is 2.48. The van der Waals surface area contributed by atoms with Crippen LogP contribution in [0, 0.1) is 0 Å². The van der Waals surface area contributed by atoms with Gasteiger partial charge in [0.2, 0.25) is 0 Å². The van der Waals surface area contributed by atoms with Crippen molar-refractivity contribution in [1.82, 2.24) is 0 Å². The molecule has 0 fully saturated rings. The van der Waals surface area contributed by atoms with Crippen LogP contribution >= 0.6 is 0 Å². The molecule has 0 aliphatic rings. The molecule has 0 radical (unpaired) electrons. The van der Waals surface area contributed by atoms with Crippen molar-refractivity contribution in [2.24, 2.45) is 0 Å². The predicted octanol–water partition coefficient (Wildman–Crippen LogP) is 1.79. The Morgan fingerprint density at radius 1 is 0.619 bits per heavy atom. The number of aliphatic hydroxyl groups excluding tert-OH is 2. The summed E-state index contributed by atoms with van der Waals surface area (Å²) in [6.45, 7) is -0.103. The Labute approximate surface area is 124 Å². The zero-order valence-electron chi connectivity index (χ0n) is 11.6. The van der Waals surface area contributed by atoms with E-state index in [1.807, 2.05) is 0 Å². The molecule has 0 atom stereocenters. The molecule has 0 unspecified atom stereocenters. The maximum absolute atomic E-state index is 12.2. The van der Waals surface area contributed by atoms with E-state index in [0.717, 1.165) is 11.1 Å². The highest BCUT2D eigenvalue weighted by molar-refractivity contribution is 7.89. The van der Waals surface area contributed by atoms with E-state index in [4.69, 9.17) is 10.2 Å². The molecule has 5 heteroatoms. The van der Waals surface area contributed by atoms with E-state index in [1.54, 1.807) is 48.5 Å². The van der Waals surface area contributed by atoms with Crippen molar-refractivity contribution in [3.8, 4) is 0 Å². The summed E-state index contributed by atoms with van der Waals surface area (Å²) in [6, 6.07) is 13.8. The molecule has 0 aliphatic heterocycles. The van der Waals surface area contributed by atoms with Crippen LogP contribution < -0.4 is 0 Å². The summed E-state index contributed by atoms with van der Waals surface area (Å²) in [5.41, 5.74) is 2.94. The van der Waals surface area contributed by atoms with Gasteiger partial charge in [-0.3, -0.25) is 0 Å². The van der Waals surface area contributed by atoms with Crippen molar-refractivity contribution >= 4 is 9.84 Å². The lowest BCUT2D eigenvalue weighted by molar-refractivity contribution is 0.281. The van der Waals surface area contributed by atoms with Crippen molar-refractivity contribution in [2.75, 3.05) is 0 Å². The highest BCUT2D eigenvalue weighted by Gasteiger charge is 2.13. The molecule has 0 bridgehead atoms. The van der Waals surface area contributed by atoms with E-state index in [2.05, 4.69) is 0 Å². The first-order chi connectivity index (χ1) is 10.0. The molecule has 0 heterocycles. The number of aliphatic hydroxyl groups is 2. The Morgan fingerprint density at radius 2 is 0.905 bits per heavy atom. The van der Waals surface area contributed by atoms with Crippen LogP contribution in [0.5, 0.6) is 0 Å². The van der Waals surface area contributed by atoms with Crippen molar-refractivity contribution in [1.29, 1.82) is 0 Å². The molecule has 0 amide bonds. The van der Waals surface area contributed by atoms with Crippen LogP contribution in [0.1, 0.15) is 22.3 Å². The van der Waals surface area contributed by atoms with Gasteiger partial charge in [-0.05, 0) is 22.3 Å². The highest BCUT2D eigenvalue weighted by atomic mass is 32.2. The van der Waals surface area contributed by atoms with Gasteiger partial charge in [0.1, 0.15) is 0 Å². The fourth-order valence-corrected chi connectivity index (χ4v) is 3.54. The summed E-state index contributed by atoms with van der Waals surface area (Å²) in [5.74, 6) is -0.0546. The van der Waals surface area contributed by atoms with E-state index in [1.165, 1.54) is 0 Å². The molecule has 21 heavy (non-hydrogen) atoms. The monoisotopic (exact) mass is 306 g/mol. The Hall–Kier alpha value is -1.69. The molecular formula is C16H18O4S. The molecule has 0 saturated carbocycles. The second-order valence-corrected chi connectivity index (χ2v) is 7.05. The van der Waals surface area contributed by atoms with Gasteiger partial charge >= 0.3 is 0 Å². The zero-order chi connectivity index (χ0) is 15.3. The Bertz CT molecular complexity index is 618. The van der Waals surface area contributed by atoms with E-state index in [-0.39, 0.29) is 24.7 Å². The van der Waals surface area contributed by atoms with Gasteiger partial charge in [0.25, 0.3) is 0 Å². The van der Waals surface area contributed by atoms with Crippen LogP contribution in [0.3, 0.4) is 0 Å². The number of hydrogen-bond donors (Lipinski definition) is 2. The van der Waals surface area contributed by atoms with Crippen LogP contribution in [-0.4, -0.2) is 18.6 Å². The third-order valence-electron chi connectivity index (χ3n) is 3.18. The van der Waals surface area contributed by atoms with Gasteiger partial charge in [0.15, 0.2) is 9.84 Å². The van der Waals surface area contributed by atoms with Crippen molar-refractivity contribution in [2.45, 2.75) is 24.7 Å². The lowest BCUT2D eigenvalue weighted by atomic mass is 10.2. The molecule has 2 rings (SSSR count). The molecular weight excluding hydrogens is 288 g/mol. The second-order valence-electron chi connectivity index (χ2n) is 4.98. The first-order valence-corrected chi connectivity index (χ1v) is 8.42. The molecule has 0 aliphatic carbocycles. The Morgan fingerprint density at radius 3 is 1.19 bits per heavy atom. The normalized spacial score (nSPS) is 11.5. The highest BCUT2D eigenvalue weighted by Crippen LogP contribution is 2.14. The molecule has 4 nitrogen and oxygen atoms in total. The minimum absolute atomic E-state index is 0.0273. The lowest BCUT2D eigenvalue weighted by Gasteiger charge is -2.06. The van der Waals surface area contributed by atoms with Crippen LogP contribution in [0.2, 0.25) is 0 Å².